The molecule has 0 aliphatic heterocycles. The Hall–Kier alpha value is -2.92. The number of hydrogen-bond donors (Lipinski definition) is 1. The molecule has 3 rings (SSSR count). The van der Waals surface area contributed by atoms with E-state index in [-0.39, 0.29) is 11.8 Å². The Morgan fingerprint density at radius 1 is 0.886 bits per heavy atom. The number of benzene rings is 3. The summed E-state index contributed by atoms with van der Waals surface area (Å²) in [6.45, 7) is 5.16. The number of carbonyl (C=O) groups excluding carboxylic acids is 2. The van der Waals surface area contributed by atoms with Crippen molar-refractivity contribution in [2.75, 3.05) is 6.54 Å². The quantitative estimate of drug-likeness (QED) is 0.279. The van der Waals surface area contributed by atoms with Crippen LogP contribution in [0, 0.1) is 6.92 Å². The number of aryl methyl sites for hydroxylation is 2. The van der Waals surface area contributed by atoms with Crippen LogP contribution >= 0.6 is 15.9 Å². The molecule has 0 aliphatic rings. The van der Waals surface area contributed by atoms with E-state index in [1.807, 2.05) is 54.6 Å². The van der Waals surface area contributed by atoms with Crippen LogP contribution in [0.15, 0.2) is 83.3 Å². The van der Waals surface area contributed by atoms with Crippen molar-refractivity contribution >= 4 is 27.7 Å². The predicted molar refractivity (Wildman–Crippen MR) is 146 cm³/mol. The lowest BCUT2D eigenvalue weighted by atomic mass is 10.0. The molecule has 0 spiro atoms. The molecule has 0 saturated heterocycles. The van der Waals surface area contributed by atoms with Crippen LogP contribution < -0.4 is 5.32 Å². The number of rotatable bonds is 12. The smallest absolute Gasteiger partial charge is 0.243 e. The molecule has 1 N–H and O–H groups in total. The van der Waals surface area contributed by atoms with Gasteiger partial charge in [-0.25, -0.2) is 0 Å². The Bertz CT molecular complexity index is 1070. The Morgan fingerprint density at radius 3 is 2.20 bits per heavy atom. The molecule has 0 saturated carbocycles. The third-order valence-electron chi connectivity index (χ3n) is 6.11. The fraction of sp³-hybridized carbons (Fsp3) is 0.333. The van der Waals surface area contributed by atoms with Crippen molar-refractivity contribution in [3.63, 3.8) is 0 Å². The van der Waals surface area contributed by atoms with Crippen LogP contribution in [-0.4, -0.2) is 29.3 Å². The third kappa shape index (κ3) is 8.66. The zero-order valence-electron chi connectivity index (χ0n) is 20.7. The van der Waals surface area contributed by atoms with Crippen molar-refractivity contribution in [1.29, 1.82) is 0 Å². The monoisotopic (exact) mass is 534 g/mol. The molecule has 5 heteroatoms. The van der Waals surface area contributed by atoms with Gasteiger partial charge in [-0.1, -0.05) is 102 Å². The first-order valence-electron chi connectivity index (χ1n) is 12.4. The fourth-order valence-electron chi connectivity index (χ4n) is 4.00. The molecule has 1 atom stereocenters. The summed E-state index contributed by atoms with van der Waals surface area (Å²) < 4.78 is 0.983. The van der Waals surface area contributed by atoms with Crippen LogP contribution in [0.5, 0.6) is 0 Å². The summed E-state index contributed by atoms with van der Waals surface area (Å²) in [7, 11) is 0. The van der Waals surface area contributed by atoms with Gasteiger partial charge in [-0.3, -0.25) is 9.59 Å². The maximum absolute atomic E-state index is 13.7. The van der Waals surface area contributed by atoms with E-state index in [0.29, 0.717) is 32.4 Å². The van der Waals surface area contributed by atoms with Crippen LogP contribution in [-0.2, 0) is 29.0 Å². The molecule has 0 radical (unpaired) electrons. The number of halogens is 1. The highest BCUT2D eigenvalue weighted by atomic mass is 79.9. The third-order valence-corrected chi connectivity index (χ3v) is 6.64. The van der Waals surface area contributed by atoms with Crippen LogP contribution in [0.1, 0.15) is 48.4 Å². The van der Waals surface area contributed by atoms with Crippen LogP contribution in [0.2, 0.25) is 0 Å². The minimum Gasteiger partial charge on any atom is -0.354 e. The number of unbranched alkanes of at least 4 members (excludes halogenated alkanes) is 1. The molecule has 35 heavy (non-hydrogen) atoms. The van der Waals surface area contributed by atoms with Crippen LogP contribution in [0.4, 0.5) is 0 Å². The first-order valence-corrected chi connectivity index (χ1v) is 13.2. The summed E-state index contributed by atoms with van der Waals surface area (Å²) in [5, 5.41) is 3.07. The van der Waals surface area contributed by atoms with Crippen LogP contribution in [0.25, 0.3) is 0 Å². The summed E-state index contributed by atoms with van der Waals surface area (Å²) in [6.07, 6.45) is 3.39. The molecule has 2 amide bonds. The van der Waals surface area contributed by atoms with Gasteiger partial charge in [0.15, 0.2) is 0 Å². The van der Waals surface area contributed by atoms with Gasteiger partial charge in [0.1, 0.15) is 6.04 Å². The number of hydrogen-bond acceptors (Lipinski definition) is 2. The first kappa shape index (κ1) is 26.7. The highest BCUT2D eigenvalue weighted by molar-refractivity contribution is 9.10. The topological polar surface area (TPSA) is 49.4 Å². The molecule has 0 heterocycles. The highest BCUT2D eigenvalue weighted by Crippen LogP contribution is 2.19. The summed E-state index contributed by atoms with van der Waals surface area (Å²) in [4.78, 5) is 28.8. The van der Waals surface area contributed by atoms with Crippen molar-refractivity contribution in [2.24, 2.45) is 0 Å². The number of nitrogens with zero attached hydrogens (tertiary/aromatic N) is 1. The van der Waals surface area contributed by atoms with E-state index < -0.39 is 6.04 Å². The van der Waals surface area contributed by atoms with Gasteiger partial charge >= 0.3 is 0 Å². The zero-order chi connectivity index (χ0) is 25.0. The predicted octanol–water partition coefficient (Wildman–Crippen LogP) is 6.25. The summed E-state index contributed by atoms with van der Waals surface area (Å²) in [5.41, 5.74) is 4.36. The van der Waals surface area contributed by atoms with E-state index in [2.05, 4.69) is 59.4 Å². The molecule has 184 valence electrons. The maximum Gasteiger partial charge on any atom is 0.243 e. The Morgan fingerprint density at radius 2 is 1.54 bits per heavy atom. The number of amides is 2. The van der Waals surface area contributed by atoms with Gasteiger partial charge in [0.05, 0.1) is 0 Å². The van der Waals surface area contributed by atoms with E-state index in [9.17, 15) is 9.59 Å². The number of carbonyl (C=O) groups is 2. The van der Waals surface area contributed by atoms with Crippen molar-refractivity contribution < 1.29 is 9.59 Å². The molecule has 3 aromatic carbocycles. The Labute approximate surface area is 217 Å². The number of nitrogens with one attached hydrogen (secondary N) is 1. The highest BCUT2D eigenvalue weighted by Gasteiger charge is 2.30. The second kappa shape index (κ2) is 13.8. The fourth-order valence-corrected chi connectivity index (χ4v) is 4.26. The van der Waals surface area contributed by atoms with Gasteiger partial charge in [-0.2, -0.15) is 0 Å². The average Bonchev–Trinajstić information content (AvgIpc) is 2.87. The molecule has 0 unspecified atom stereocenters. The first-order chi connectivity index (χ1) is 17.0. The SMILES string of the molecule is CCCCNC(=O)[C@@H](Cc1ccccc1)N(Cc1ccc(Br)cc1)C(=O)CCc1ccc(C)cc1. The minimum atomic E-state index is -0.580. The lowest BCUT2D eigenvalue weighted by molar-refractivity contribution is -0.141. The van der Waals surface area contributed by atoms with Gasteiger partial charge < -0.3 is 10.2 Å². The Balaban J connectivity index is 1.86. The van der Waals surface area contributed by atoms with Gasteiger partial charge in [-0.15, -0.1) is 0 Å². The second-order valence-corrected chi connectivity index (χ2v) is 9.90. The lowest BCUT2D eigenvalue weighted by Crippen LogP contribution is -2.50. The molecule has 0 fully saturated rings. The summed E-state index contributed by atoms with van der Waals surface area (Å²) >= 11 is 3.48. The summed E-state index contributed by atoms with van der Waals surface area (Å²) in [6, 6.07) is 25.6. The van der Waals surface area contributed by atoms with Gasteiger partial charge in [0.2, 0.25) is 11.8 Å². The molecule has 0 aliphatic carbocycles. The lowest BCUT2D eigenvalue weighted by Gasteiger charge is -2.31. The van der Waals surface area contributed by atoms with E-state index in [1.165, 1.54) is 5.56 Å². The molecular formula is C30H35BrN2O2. The van der Waals surface area contributed by atoms with Gasteiger partial charge in [-0.05, 0) is 48.6 Å². The van der Waals surface area contributed by atoms with E-state index >= 15 is 0 Å². The average molecular weight is 536 g/mol. The second-order valence-electron chi connectivity index (χ2n) is 8.98. The van der Waals surface area contributed by atoms with Crippen LogP contribution in [0.3, 0.4) is 0 Å². The van der Waals surface area contributed by atoms with Gasteiger partial charge in [0, 0.05) is 30.4 Å². The molecular weight excluding hydrogens is 500 g/mol. The molecule has 4 nitrogen and oxygen atoms in total. The summed E-state index contributed by atoms with van der Waals surface area (Å²) in [5.74, 6) is -0.108. The van der Waals surface area contributed by atoms with Crippen molar-refractivity contribution in [2.45, 2.75) is 58.5 Å². The van der Waals surface area contributed by atoms with Crippen molar-refractivity contribution in [3.05, 3.63) is 106 Å². The molecule has 0 aromatic heterocycles. The minimum absolute atomic E-state index is 0.0138. The van der Waals surface area contributed by atoms with E-state index in [1.54, 1.807) is 4.90 Å². The van der Waals surface area contributed by atoms with E-state index in [0.717, 1.165) is 34.0 Å². The van der Waals surface area contributed by atoms with Gasteiger partial charge in [0.25, 0.3) is 0 Å². The van der Waals surface area contributed by atoms with E-state index in [4.69, 9.17) is 0 Å². The maximum atomic E-state index is 13.7. The van der Waals surface area contributed by atoms with Crippen molar-refractivity contribution in [1.82, 2.24) is 10.2 Å². The molecule has 0 bridgehead atoms. The normalized spacial score (nSPS) is 11.6. The Kier molecular flexibility index (Phi) is 10.5. The standard InChI is InChI=1S/C30H35BrN2O2/c1-3-4-20-32-30(35)28(21-25-8-6-5-7-9-25)33(22-26-14-17-27(31)18-15-26)29(34)19-16-24-12-10-23(2)11-13-24/h5-15,17-18,28H,3-4,16,19-22H2,1-2H3,(H,32,35)/t28-/m1/s1. The largest absolute Gasteiger partial charge is 0.354 e. The van der Waals surface area contributed by atoms with Crippen molar-refractivity contribution in [3.8, 4) is 0 Å². The zero-order valence-corrected chi connectivity index (χ0v) is 22.3. The molecule has 3 aromatic rings.